The summed E-state index contributed by atoms with van der Waals surface area (Å²) >= 11 is 1.36. The molecule has 0 aliphatic heterocycles. The van der Waals surface area contributed by atoms with Crippen LogP contribution in [0.4, 0.5) is 10.1 Å². The van der Waals surface area contributed by atoms with Gasteiger partial charge < -0.3 is 5.32 Å². The molecule has 0 radical (unpaired) electrons. The Kier molecular flexibility index (Phi) is 3.43. The van der Waals surface area contributed by atoms with Crippen molar-refractivity contribution >= 4 is 33.1 Å². The van der Waals surface area contributed by atoms with Crippen LogP contribution in [0.1, 0.15) is 20.9 Å². The summed E-state index contributed by atoms with van der Waals surface area (Å²) in [6.07, 6.45) is 0. The Bertz CT molecular complexity index is 824. The van der Waals surface area contributed by atoms with Gasteiger partial charge in [-0.15, -0.1) is 11.3 Å². The molecule has 0 fully saturated rings. The normalized spacial score (nSPS) is 10.8. The topological polar surface area (TPSA) is 42.0 Å². The van der Waals surface area contributed by atoms with E-state index in [0.29, 0.717) is 10.7 Å². The predicted octanol–water partition coefficient (Wildman–Crippen LogP) is 4.30. The highest BCUT2D eigenvalue weighted by Gasteiger charge is 2.14. The molecular weight excluding hydrogens is 287 g/mol. The zero-order valence-electron chi connectivity index (χ0n) is 11.6. The predicted molar refractivity (Wildman–Crippen MR) is 83.4 cm³/mol. The van der Waals surface area contributed by atoms with Crippen LogP contribution in [-0.4, -0.2) is 10.9 Å². The number of carbonyl (C=O) groups is 1. The first-order chi connectivity index (χ1) is 10.0. The second-order valence-electron chi connectivity index (χ2n) is 4.91. The number of carbonyl (C=O) groups excluding carboxylic acids is 1. The molecule has 3 rings (SSSR count). The largest absolute Gasteiger partial charge is 0.320 e. The standard InChI is InChI=1S/C16H13FN2OS/c1-9-7-10(2)14-13(8-9)21-16(19-14)15(20)18-12-5-3-11(17)4-6-12/h3-8H,1-2H3,(H,18,20). The van der Waals surface area contributed by atoms with Gasteiger partial charge in [-0.3, -0.25) is 4.79 Å². The highest BCUT2D eigenvalue weighted by Crippen LogP contribution is 2.26. The molecule has 3 aromatic rings. The molecule has 0 bridgehead atoms. The highest BCUT2D eigenvalue weighted by atomic mass is 32.1. The van der Waals surface area contributed by atoms with Crippen molar-refractivity contribution in [1.82, 2.24) is 4.98 Å². The van der Waals surface area contributed by atoms with Gasteiger partial charge in [0, 0.05) is 5.69 Å². The number of fused-ring (bicyclic) bond motifs is 1. The Morgan fingerprint density at radius 1 is 1.19 bits per heavy atom. The molecule has 0 saturated heterocycles. The van der Waals surface area contributed by atoms with Crippen molar-refractivity contribution in [2.45, 2.75) is 13.8 Å². The molecule has 1 heterocycles. The van der Waals surface area contributed by atoms with Crippen LogP contribution in [0.5, 0.6) is 0 Å². The number of benzene rings is 2. The minimum atomic E-state index is -0.334. The van der Waals surface area contributed by atoms with Crippen molar-refractivity contribution in [2.24, 2.45) is 0 Å². The van der Waals surface area contributed by atoms with E-state index in [2.05, 4.69) is 10.3 Å². The quantitative estimate of drug-likeness (QED) is 0.766. The van der Waals surface area contributed by atoms with Gasteiger partial charge in [-0.25, -0.2) is 9.37 Å². The number of rotatable bonds is 2. The van der Waals surface area contributed by atoms with E-state index in [9.17, 15) is 9.18 Å². The van der Waals surface area contributed by atoms with Crippen LogP contribution in [0.2, 0.25) is 0 Å². The highest BCUT2D eigenvalue weighted by molar-refractivity contribution is 7.20. The first kappa shape index (κ1) is 13.7. The van der Waals surface area contributed by atoms with Gasteiger partial charge in [0.15, 0.2) is 5.01 Å². The molecule has 0 aliphatic rings. The molecule has 0 saturated carbocycles. The number of halogens is 1. The van der Waals surface area contributed by atoms with Crippen LogP contribution in [0.3, 0.4) is 0 Å². The van der Waals surface area contributed by atoms with Crippen LogP contribution >= 0.6 is 11.3 Å². The Labute approximate surface area is 125 Å². The van der Waals surface area contributed by atoms with Gasteiger partial charge in [0.2, 0.25) is 0 Å². The Morgan fingerprint density at radius 3 is 2.62 bits per heavy atom. The number of anilines is 1. The van der Waals surface area contributed by atoms with E-state index in [1.54, 1.807) is 0 Å². The fraction of sp³-hybridized carbons (Fsp3) is 0.125. The average Bonchev–Trinajstić information content (AvgIpc) is 2.85. The summed E-state index contributed by atoms with van der Waals surface area (Å²) in [7, 11) is 0. The van der Waals surface area contributed by atoms with E-state index < -0.39 is 0 Å². The molecule has 1 aromatic heterocycles. The maximum Gasteiger partial charge on any atom is 0.284 e. The molecule has 0 aliphatic carbocycles. The summed E-state index contributed by atoms with van der Waals surface area (Å²) < 4.78 is 13.8. The number of nitrogens with one attached hydrogen (secondary N) is 1. The summed E-state index contributed by atoms with van der Waals surface area (Å²) in [5.41, 5.74) is 3.61. The molecule has 1 amide bonds. The van der Waals surface area contributed by atoms with E-state index in [0.717, 1.165) is 21.3 Å². The molecule has 5 heteroatoms. The smallest absolute Gasteiger partial charge is 0.284 e. The number of nitrogens with zero attached hydrogens (tertiary/aromatic N) is 1. The van der Waals surface area contributed by atoms with Gasteiger partial charge in [0.1, 0.15) is 5.82 Å². The van der Waals surface area contributed by atoms with Crippen molar-refractivity contribution in [3.8, 4) is 0 Å². The summed E-state index contributed by atoms with van der Waals surface area (Å²) in [6, 6.07) is 9.73. The summed E-state index contributed by atoms with van der Waals surface area (Å²) in [5.74, 6) is -0.612. The summed E-state index contributed by atoms with van der Waals surface area (Å²) in [6.45, 7) is 4.00. The van der Waals surface area contributed by atoms with Crippen LogP contribution in [0.25, 0.3) is 10.2 Å². The lowest BCUT2D eigenvalue weighted by Crippen LogP contribution is -2.11. The third-order valence-electron chi connectivity index (χ3n) is 3.13. The second-order valence-corrected chi connectivity index (χ2v) is 5.94. The third kappa shape index (κ3) is 2.78. The molecular formula is C16H13FN2OS. The van der Waals surface area contributed by atoms with E-state index in [1.165, 1.54) is 35.6 Å². The van der Waals surface area contributed by atoms with Crippen molar-refractivity contribution < 1.29 is 9.18 Å². The number of hydrogen-bond donors (Lipinski definition) is 1. The zero-order valence-corrected chi connectivity index (χ0v) is 12.4. The number of aryl methyl sites for hydroxylation is 2. The van der Waals surface area contributed by atoms with Crippen molar-refractivity contribution in [2.75, 3.05) is 5.32 Å². The fourth-order valence-corrected chi connectivity index (χ4v) is 3.22. The van der Waals surface area contributed by atoms with E-state index in [-0.39, 0.29) is 11.7 Å². The minimum Gasteiger partial charge on any atom is -0.320 e. The molecule has 3 nitrogen and oxygen atoms in total. The Morgan fingerprint density at radius 2 is 1.90 bits per heavy atom. The van der Waals surface area contributed by atoms with Crippen LogP contribution < -0.4 is 5.32 Å². The Balaban J connectivity index is 1.91. The van der Waals surface area contributed by atoms with Crippen molar-refractivity contribution in [3.05, 3.63) is 58.3 Å². The summed E-state index contributed by atoms with van der Waals surface area (Å²) in [4.78, 5) is 16.6. The molecule has 1 N–H and O–H groups in total. The fourth-order valence-electron chi connectivity index (χ4n) is 2.19. The van der Waals surface area contributed by atoms with Gasteiger partial charge >= 0.3 is 0 Å². The maximum atomic E-state index is 12.8. The molecule has 0 unspecified atom stereocenters. The molecule has 2 aromatic carbocycles. The van der Waals surface area contributed by atoms with Gasteiger partial charge in [-0.1, -0.05) is 6.07 Å². The first-order valence-corrected chi connectivity index (χ1v) is 7.29. The molecule has 21 heavy (non-hydrogen) atoms. The van der Waals surface area contributed by atoms with Crippen LogP contribution in [0.15, 0.2) is 36.4 Å². The van der Waals surface area contributed by atoms with E-state index in [4.69, 9.17) is 0 Å². The lowest BCUT2D eigenvalue weighted by molar-refractivity contribution is 0.102. The molecule has 0 atom stereocenters. The van der Waals surface area contributed by atoms with E-state index in [1.807, 2.05) is 26.0 Å². The van der Waals surface area contributed by atoms with Crippen LogP contribution in [0, 0.1) is 19.7 Å². The number of amides is 1. The molecule has 0 spiro atoms. The third-order valence-corrected chi connectivity index (χ3v) is 4.13. The van der Waals surface area contributed by atoms with Crippen molar-refractivity contribution in [1.29, 1.82) is 0 Å². The monoisotopic (exact) mass is 300 g/mol. The van der Waals surface area contributed by atoms with Crippen LogP contribution in [-0.2, 0) is 0 Å². The SMILES string of the molecule is Cc1cc(C)c2nc(C(=O)Nc3ccc(F)cc3)sc2c1. The maximum absolute atomic E-state index is 12.8. The second kappa shape index (κ2) is 5.26. The lowest BCUT2D eigenvalue weighted by Gasteiger charge is -2.01. The minimum absolute atomic E-state index is 0.278. The van der Waals surface area contributed by atoms with E-state index >= 15 is 0 Å². The molecule has 106 valence electrons. The van der Waals surface area contributed by atoms with Gasteiger partial charge in [-0.2, -0.15) is 0 Å². The number of hydrogen-bond acceptors (Lipinski definition) is 3. The number of aromatic nitrogens is 1. The average molecular weight is 300 g/mol. The van der Waals surface area contributed by atoms with Gasteiger partial charge in [0.05, 0.1) is 10.2 Å². The number of thiazole rings is 1. The lowest BCUT2D eigenvalue weighted by atomic mass is 10.1. The Hall–Kier alpha value is -2.27. The first-order valence-electron chi connectivity index (χ1n) is 6.47. The van der Waals surface area contributed by atoms with Gasteiger partial charge in [0.25, 0.3) is 5.91 Å². The summed E-state index contributed by atoms with van der Waals surface area (Å²) in [5, 5.41) is 3.13. The zero-order chi connectivity index (χ0) is 15.0. The van der Waals surface area contributed by atoms with Gasteiger partial charge in [-0.05, 0) is 55.3 Å². The van der Waals surface area contributed by atoms with Crippen molar-refractivity contribution in [3.63, 3.8) is 0 Å².